The molecule has 1 heterocycles. The van der Waals surface area contributed by atoms with Gasteiger partial charge in [0.15, 0.2) is 11.5 Å². The highest BCUT2D eigenvalue weighted by Gasteiger charge is 2.19. The van der Waals surface area contributed by atoms with Crippen LogP contribution in [0.15, 0.2) is 71.6 Å². The van der Waals surface area contributed by atoms with E-state index in [0.717, 1.165) is 12.0 Å². The van der Waals surface area contributed by atoms with Crippen LogP contribution < -0.4 is 19.5 Å². The minimum absolute atomic E-state index is 0.0774. The maximum Gasteiger partial charge on any atom is 0.262 e. The van der Waals surface area contributed by atoms with Crippen molar-refractivity contribution in [2.45, 2.75) is 18.2 Å². The van der Waals surface area contributed by atoms with Crippen molar-refractivity contribution in [1.82, 2.24) is 0 Å². The van der Waals surface area contributed by atoms with E-state index in [0.29, 0.717) is 41.7 Å². The lowest BCUT2D eigenvalue weighted by atomic mass is 10.1. The monoisotopic (exact) mass is 438 g/mol. The molecule has 0 fully saturated rings. The normalized spacial score (nSPS) is 13.2. The molecule has 0 unspecified atom stereocenters. The molecule has 2 N–H and O–H groups in total. The number of anilines is 2. The Morgan fingerprint density at radius 3 is 2.32 bits per heavy atom. The third-order valence-corrected chi connectivity index (χ3v) is 6.08. The number of carbonyl (C=O) groups is 1. The maximum atomic E-state index is 12.8. The summed E-state index contributed by atoms with van der Waals surface area (Å²) in [4.78, 5) is 12.4. The number of rotatable bonds is 5. The van der Waals surface area contributed by atoms with Gasteiger partial charge in [-0.2, -0.15) is 0 Å². The first-order chi connectivity index (χ1) is 14.9. The summed E-state index contributed by atoms with van der Waals surface area (Å²) in [6.45, 7) is 2.92. The van der Waals surface area contributed by atoms with Gasteiger partial charge in [-0.05, 0) is 55.5 Å². The van der Waals surface area contributed by atoms with Crippen LogP contribution in [0.3, 0.4) is 0 Å². The van der Waals surface area contributed by atoms with Crippen LogP contribution in [0.25, 0.3) is 0 Å². The topological polar surface area (TPSA) is 93.7 Å². The van der Waals surface area contributed by atoms with Crippen molar-refractivity contribution >= 4 is 27.3 Å². The highest BCUT2D eigenvalue weighted by Crippen LogP contribution is 2.32. The van der Waals surface area contributed by atoms with E-state index in [1.54, 1.807) is 42.5 Å². The van der Waals surface area contributed by atoms with Gasteiger partial charge in [0.1, 0.15) is 0 Å². The van der Waals surface area contributed by atoms with E-state index < -0.39 is 10.0 Å². The molecule has 31 heavy (non-hydrogen) atoms. The molecule has 8 heteroatoms. The van der Waals surface area contributed by atoms with E-state index in [2.05, 4.69) is 10.0 Å². The fourth-order valence-electron chi connectivity index (χ4n) is 3.14. The molecule has 0 saturated carbocycles. The first-order valence-electron chi connectivity index (χ1n) is 9.81. The number of carbonyl (C=O) groups excluding carboxylic acids is 1. The van der Waals surface area contributed by atoms with Gasteiger partial charge >= 0.3 is 0 Å². The summed E-state index contributed by atoms with van der Waals surface area (Å²) >= 11 is 0. The second-order valence-corrected chi connectivity index (χ2v) is 8.85. The summed E-state index contributed by atoms with van der Waals surface area (Å²) in [5, 5.41) is 2.80. The van der Waals surface area contributed by atoms with Crippen LogP contribution in [0, 0.1) is 6.92 Å². The van der Waals surface area contributed by atoms with Gasteiger partial charge in [0, 0.05) is 29.4 Å². The first kappa shape index (κ1) is 20.7. The zero-order valence-electron chi connectivity index (χ0n) is 16.9. The van der Waals surface area contributed by atoms with Gasteiger partial charge in [-0.15, -0.1) is 0 Å². The lowest BCUT2D eigenvalue weighted by molar-refractivity contribution is 0.102. The second kappa shape index (κ2) is 8.69. The van der Waals surface area contributed by atoms with Crippen LogP contribution in [-0.4, -0.2) is 27.5 Å². The first-order valence-corrected chi connectivity index (χ1v) is 11.3. The molecule has 0 atom stereocenters. The average molecular weight is 439 g/mol. The van der Waals surface area contributed by atoms with Crippen LogP contribution in [0.4, 0.5) is 11.4 Å². The summed E-state index contributed by atoms with van der Waals surface area (Å²) in [7, 11) is -3.82. The van der Waals surface area contributed by atoms with Crippen LogP contribution in [0.5, 0.6) is 11.5 Å². The van der Waals surface area contributed by atoms with Gasteiger partial charge < -0.3 is 14.8 Å². The Morgan fingerprint density at radius 2 is 1.58 bits per heavy atom. The van der Waals surface area contributed by atoms with E-state index in [-0.39, 0.29) is 10.8 Å². The van der Waals surface area contributed by atoms with Gasteiger partial charge in [-0.3, -0.25) is 9.52 Å². The molecule has 3 aromatic rings. The van der Waals surface area contributed by atoms with Crippen LogP contribution in [-0.2, 0) is 10.0 Å². The molecular weight excluding hydrogens is 416 g/mol. The smallest absolute Gasteiger partial charge is 0.262 e. The molecule has 160 valence electrons. The second-order valence-electron chi connectivity index (χ2n) is 7.17. The number of ether oxygens (including phenoxy) is 2. The van der Waals surface area contributed by atoms with Crippen molar-refractivity contribution in [3.05, 3.63) is 77.9 Å². The molecule has 4 rings (SSSR count). The minimum atomic E-state index is -3.82. The summed E-state index contributed by atoms with van der Waals surface area (Å²) < 4.78 is 39.2. The van der Waals surface area contributed by atoms with E-state index >= 15 is 0 Å². The Morgan fingerprint density at radius 1 is 0.871 bits per heavy atom. The highest BCUT2D eigenvalue weighted by molar-refractivity contribution is 7.92. The Labute approximate surface area is 181 Å². The predicted molar refractivity (Wildman–Crippen MR) is 118 cm³/mol. The van der Waals surface area contributed by atoms with Crippen LogP contribution in [0.2, 0.25) is 0 Å². The molecule has 7 nitrogen and oxygen atoms in total. The molecule has 0 saturated heterocycles. The lowest BCUT2D eigenvalue weighted by Crippen LogP contribution is -2.14. The Bertz CT molecular complexity index is 1210. The Balaban J connectivity index is 1.46. The standard InChI is InChI=1S/C23H22N2O5S/c1-16-4-2-5-17(14-16)23(26)24-18-6-8-19(9-7-18)25-31(27,28)20-10-11-21-22(15-20)30-13-3-12-29-21/h2,4-11,14-15,25H,3,12-13H2,1H3,(H,24,26). The zero-order chi connectivity index (χ0) is 21.8. The molecule has 0 aliphatic carbocycles. The maximum absolute atomic E-state index is 12.8. The van der Waals surface area contributed by atoms with Crippen molar-refractivity contribution in [3.63, 3.8) is 0 Å². The Kier molecular flexibility index (Phi) is 5.81. The number of fused-ring (bicyclic) bond motifs is 1. The number of hydrogen-bond donors (Lipinski definition) is 2. The van der Waals surface area contributed by atoms with Gasteiger partial charge in [0.25, 0.3) is 15.9 Å². The van der Waals surface area contributed by atoms with E-state index in [1.807, 2.05) is 19.1 Å². The van der Waals surface area contributed by atoms with Crippen molar-refractivity contribution in [2.24, 2.45) is 0 Å². The quantitative estimate of drug-likeness (QED) is 0.622. The number of nitrogens with one attached hydrogen (secondary N) is 2. The van der Waals surface area contributed by atoms with Gasteiger partial charge in [0.05, 0.1) is 18.1 Å². The van der Waals surface area contributed by atoms with E-state index in [4.69, 9.17) is 9.47 Å². The third-order valence-electron chi connectivity index (χ3n) is 4.70. The van der Waals surface area contributed by atoms with Crippen molar-refractivity contribution in [3.8, 4) is 11.5 Å². The summed E-state index contributed by atoms with van der Waals surface area (Å²) in [6.07, 6.45) is 0.738. The molecule has 0 bridgehead atoms. The summed E-state index contributed by atoms with van der Waals surface area (Å²) in [6, 6.07) is 18.3. The Hall–Kier alpha value is -3.52. The van der Waals surface area contributed by atoms with Gasteiger partial charge in [-0.25, -0.2) is 8.42 Å². The predicted octanol–water partition coefficient (Wildman–Crippen LogP) is 4.21. The molecule has 3 aromatic carbocycles. The molecule has 1 aliphatic heterocycles. The number of benzene rings is 3. The number of sulfonamides is 1. The third kappa shape index (κ3) is 4.97. The summed E-state index contributed by atoms with van der Waals surface area (Å²) in [5.74, 6) is 0.712. The molecule has 1 amide bonds. The van der Waals surface area contributed by atoms with Gasteiger partial charge in [0.2, 0.25) is 0 Å². The van der Waals surface area contributed by atoms with Crippen molar-refractivity contribution in [2.75, 3.05) is 23.3 Å². The highest BCUT2D eigenvalue weighted by atomic mass is 32.2. The fourth-order valence-corrected chi connectivity index (χ4v) is 4.21. The molecule has 0 radical (unpaired) electrons. The largest absolute Gasteiger partial charge is 0.490 e. The van der Waals surface area contributed by atoms with Crippen molar-refractivity contribution in [1.29, 1.82) is 0 Å². The van der Waals surface area contributed by atoms with Crippen LogP contribution in [0.1, 0.15) is 22.3 Å². The number of aryl methyl sites for hydroxylation is 1. The number of hydrogen-bond acceptors (Lipinski definition) is 5. The molecule has 1 aliphatic rings. The van der Waals surface area contributed by atoms with E-state index in [1.165, 1.54) is 12.1 Å². The SMILES string of the molecule is Cc1cccc(C(=O)Nc2ccc(NS(=O)(=O)c3ccc4c(c3)OCCCO4)cc2)c1. The minimum Gasteiger partial charge on any atom is -0.490 e. The molecule has 0 aromatic heterocycles. The van der Waals surface area contributed by atoms with Crippen molar-refractivity contribution < 1.29 is 22.7 Å². The zero-order valence-corrected chi connectivity index (χ0v) is 17.7. The van der Waals surface area contributed by atoms with Crippen LogP contribution >= 0.6 is 0 Å². The average Bonchev–Trinajstić information content (AvgIpc) is 3.00. The number of amides is 1. The van der Waals surface area contributed by atoms with Gasteiger partial charge in [-0.1, -0.05) is 17.7 Å². The lowest BCUT2D eigenvalue weighted by Gasteiger charge is -2.12. The summed E-state index contributed by atoms with van der Waals surface area (Å²) in [5.41, 5.74) is 2.48. The van der Waals surface area contributed by atoms with E-state index in [9.17, 15) is 13.2 Å². The molecule has 0 spiro atoms. The molecular formula is C23H22N2O5S. The fraction of sp³-hybridized carbons (Fsp3) is 0.174.